The van der Waals surface area contributed by atoms with Gasteiger partial charge in [-0.3, -0.25) is 10.1 Å². The third-order valence-corrected chi connectivity index (χ3v) is 2.40. The summed E-state index contributed by atoms with van der Waals surface area (Å²) in [7, 11) is 0. The number of anilines is 2. The number of nitro benzene ring substituents is 1. The number of hydrogen-bond acceptors (Lipinski definition) is 6. The minimum absolute atomic E-state index is 0.111. The number of nitrogens with zero attached hydrogens (tertiary/aromatic N) is 3. The molecule has 2 aromatic rings. The first-order chi connectivity index (χ1) is 9.08. The van der Waals surface area contributed by atoms with Crippen LogP contribution < -0.4 is 11.5 Å². The molecule has 0 aliphatic carbocycles. The van der Waals surface area contributed by atoms with Gasteiger partial charge in [-0.2, -0.15) is 0 Å². The van der Waals surface area contributed by atoms with E-state index in [4.69, 9.17) is 11.5 Å². The average Bonchev–Trinajstić information content (AvgIpc) is 2.38. The summed E-state index contributed by atoms with van der Waals surface area (Å²) in [6, 6.07) is 10.9. The number of nitrogens with two attached hydrogens (primary N) is 2. The molecular weight excluding hydrogens is 246 g/mol. The molecule has 0 amide bonds. The van der Waals surface area contributed by atoms with Gasteiger partial charge in [-0.1, -0.05) is 12.1 Å². The van der Waals surface area contributed by atoms with Gasteiger partial charge in [0, 0.05) is 11.8 Å². The second-order valence-electron chi connectivity index (χ2n) is 3.76. The summed E-state index contributed by atoms with van der Waals surface area (Å²) in [6.07, 6.45) is 0. The van der Waals surface area contributed by atoms with Gasteiger partial charge >= 0.3 is 0 Å². The maximum absolute atomic E-state index is 10.8. The molecule has 0 spiro atoms. The van der Waals surface area contributed by atoms with Gasteiger partial charge in [0.2, 0.25) is 0 Å². The first-order valence-electron chi connectivity index (χ1n) is 5.38. The molecule has 0 fully saturated rings. The lowest BCUT2D eigenvalue weighted by molar-refractivity contribution is -0.384. The smallest absolute Gasteiger partial charge is 0.296 e. The van der Waals surface area contributed by atoms with Crippen molar-refractivity contribution in [2.45, 2.75) is 0 Å². The van der Waals surface area contributed by atoms with Crippen molar-refractivity contribution in [3.63, 3.8) is 0 Å². The molecule has 0 unspecified atom stereocenters. The zero-order valence-electron chi connectivity index (χ0n) is 9.85. The van der Waals surface area contributed by atoms with Gasteiger partial charge in [0.05, 0.1) is 10.6 Å². The van der Waals surface area contributed by atoms with Gasteiger partial charge in [0.15, 0.2) is 5.69 Å². The molecule has 0 radical (unpaired) electrons. The predicted molar refractivity (Wildman–Crippen MR) is 72.5 cm³/mol. The zero-order valence-corrected chi connectivity index (χ0v) is 9.85. The molecule has 0 bridgehead atoms. The third kappa shape index (κ3) is 2.83. The van der Waals surface area contributed by atoms with E-state index in [1.165, 1.54) is 12.1 Å². The molecule has 96 valence electrons. The summed E-state index contributed by atoms with van der Waals surface area (Å²) in [5, 5.41) is 18.6. The normalized spacial score (nSPS) is 10.7. The number of hydrogen-bond donors (Lipinski definition) is 2. The van der Waals surface area contributed by atoms with Crippen LogP contribution in [0, 0.1) is 10.1 Å². The van der Waals surface area contributed by atoms with Crippen molar-refractivity contribution in [1.29, 1.82) is 0 Å². The number of azo groups is 1. The Morgan fingerprint density at radius 1 is 1.00 bits per heavy atom. The topological polar surface area (TPSA) is 120 Å². The summed E-state index contributed by atoms with van der Waals surface area (Å²) in [5.74, 6) is 0. The Kier molecular flexibility index (Phi) is 3.37. The number of nitrogen functional groups attached to an aromatic ring is 2. The molecule has 7 nitrogen and oxygen atoms in total. The summed E-state index contributed by atoms with van der Waals surface area (Å²) >= 11 is 0. The Labute approximate surface area is 108 Å². The van der Waals surface area contributed by atoms with Gasteiger partial charge in [-0.05, 0) is 24.3 Å². The van der Waals surface area contributed by atoms with E-state index < -0.39 is 4.92 Å². The number of rotatable bonds is 3. The fourth-order valence-electron chi connectivity index (χ4n) is 1.47. The van der Waals surface area contributed by atoms with E-state index in [2.05, 4.69) is 10.2 Å². The standard InChI is InChI=1S/C12H11N5O2/c13-8-5-6-10(9(14)7-8)15-16-11-3-1-2-4-12(11)17(18)19/h1-7H,13-14H2. The average molecular weight is 257 g/mol. The van der Waals surface area contributed by atoms with E-state index in [9.17, 15) is 10.1 Å². The Bertz CT molecular complexity index is 654. The van der Waals surface area contributed by atoms with Crippen LogP contribution in [0.25, 0.3) is 0 Å². The summed E-state index contributed by atoms with van der Waals surface area (Å²) < 4.78 is 0. The third-order valence-electron chi connectivity index (χ3n) is 2.40. The largest absolute Gasteiger partial charge is 0.399 e. The SMILES string of the molecule is Nc1ccc(N=Nc2ccccc2[N+](=O)[O-])c(N)c1. The van der Waals surface area contributed by atoms with E-state index in [1.54, 1.807) is 30.3 Å². The molecule has 0 saturated heterocycles. The molecular formula is C12H11N5O2. The van der Waals surface area contributed by atoms with Crippen LogP contribution in [-0.4, -0.2) is 4.92 Å². The number of nitro groups is 1. The number of benzene rings is 2. The van der Waals surface area contributed by atoms with Gasteiger partial charge < -0.3 is 11.5 Å². The fourth-order valence-corrected chi connectivity index (χ4v) is 1.47. The van der Waals surface area contributed by atoms with Crippen molar-refractivity contribution in [2.75, 3.05) is 11.5 Å². The zero-order chi connectivity index (χ0) is 13.8. The fraction of sp³-hybridized carbons (Fsp3) is 0. The van der Waals surface area contributed by atoms with Crippen LogP contribution in [0.15, 0.2) is 52.7 Å². The van der Waals surface area contributed by atoms with Crippen LogP contribution in [0.5, 0.6) is 0 Å². The lowest BCUT2D eigenvalue weighted by Gasteiger charge is -2.00. The molecule has 4 N–H and O–H groups in total. The molecule has 2 aromatic carbocycles. The van der Waals surface area contributed by atoms with Gasteiger partial charge in [-0.25, -0.2) is 0 Å². The Morgan fingerprint density at radius 3 is 2.37 bits per heavy atom. The lowest BCUT2D eigenvalue weighted by Crippen LogP contribution is -1.89. The Hall–Kier alpha value is -2.96. The summed E-state index contributed by atoms with van der Waals surface area (Å²) in [4.78, 5) is 10.3. The Balaban J connectivity index is 2.35. The maximum Gasteiger partial charge on any atom is 0.296 e. The van der Waals surface area contributed by atoms with Crippen LogP contribution in [-0.2, 0) is 0 Å². The van der Waals surface area contributed by atoms with Crippen LogP contribution in [0.4, 0.5) is 28.4 Å². The van der Waals surface area contributed by atoms with Crippen molar-refractivity contribution in [2.24, 2.45) is 10.2 Å². The van der Waals surface area contributed by atoms with E-state index in [0.29, 0.717) is 17.1 Å². The van der Waals surface area contributed by atoms with Crippen molar-refractivity contribution < 1.29 is 4.92 Å². The van der Waals surface area contributed by atoms with Gasteiger partial charge in [0.1, 0.15) is 5.69 Å². The summed E-state index contributed by atoms with van der Waals surface area (Å²) in [5.41, 5.74) is 12.6. The lowest BCUT2D eigenvalue weighted by atomic mass is 10.2. The molecule has 19 heavy (non-hydrogen) atoms. The molecule has 0 aromatic heterocycles. The Morgan fingerprint density at radius 2 is 1.68 bits per heavy atom. The molecule has 0 aliphatic heterocycles. The molecule has 2 rings (SSSR count). The van der Waals surface area contributed by atoms with E-state index in [0.717, 1.165) is 0 Å². The van der Waals surface area contributed by atoms with Gasteiger partial charge in [-0.15, -0.1) is 10.2 Å². The highest BCUT2D eigenvalue weighted by Gasteiger charge is 2.11. The quantitative estimate of drug-likeness (QED) is 0.379. The van der Waals surface area contributed by atoms with E-state index in [-0.39, 0.29) is 11.4 Å². The first kappa shape index (κ1) is 12.5. The molecule has 0 aliphatic rings. The van der Waals surface area contributed by atoms with Crippen molar-refractivity contribution >= 4 is 28.4 Å². The van der Waals surface area contributed by atoms with Crippen molar-refractivity contribution in [3.8, 4) is 0 Å². The highest BCUT2D eigenvalue weighted by Crippen LogP contribution is 2.30. The summed E-state index contributed by atoms with van der Waals surface area (Å²) in [6.45, 7) is 0. The monoisotopic (exact) mass is 257 g/mol. The van der Waals surface area contributed by atoms with Gasteiger partial charge in [0.25, 0.3) is 5.69 Å². The maximum atomic E-state index is 10.8. The second-order valence-corrected chi connectivity index (χ2v) is 3.76. The van der Waals surface area contributed by atoms with Crippen molar-refractivity contribution in [1.82, 2.24) is 0 Å². The molecule has 0 saturated carbocycles. The van der Waals surface area contributed by atoms with Crippen LogP contribution in [0.3, 0.4) is 0 Å². The molecule has 0 heterocycles. The minimum Gasteiger partial charge on any atom is -0.399 e. The first-order valence-corrected chi connectivity index (χ1v) is 5.38. The van der Waals surface area contributed by atoms with Crippen molar-refractivity contribution in [3.05, 3.63) is 52.6 Å². The van der Waals surface area contributed by atoms with E-state index in [1.807, 2.05) is 0 Å². The second kappa shape index (κ2) is 5.13. The predicted octanol–water partition coefficient (Wildman–Crippen LogP) is 3.17. The highest BCUT2D eigenvalue weighted by molar-refractivity contribution is 5.68. The van der Waals surface area contributed by atoms with Crippen LogP contribution in [0.1, 0.15) is 0 Å². The van der Waals surface area contributed by atoms with Crippen LogP contribution in [0.2, 0.25) is 0 Å². The van der Waals surface area contributed by atoms with Crippen LogP contribution >= 0.6 is 0 Å². The number of para-hydroxylation sites is 1. The minimum atomic E-state index is -0.513. The molecule has 0 atom stereocenters. The molecule has 7 heteroatoms. The van der Waals surface area contributed by atoms with E-state index >= 15 is 0 Å². The highest BCUT2D eigenvalue weighted by atomic mass is 16.6.